The van der Waals surface area contributed by atoms with Crippen molar-refractivity contribution in [1.29, 1.82) is 0 Å². The molecular weight excluding hydrogens is 184 g/mol. The van der Waals surface area contributed by atoms with Gasteiger partial charge in [-0.15, -0.1) is 0 Å². The molecule has 1 N–H and O–H groups in total. The molecule has 0 atom stereocenters. The Kier molecular flexibility index (Phi) is 8.73. The fraction of sp³-hybridized carbons (Fsp3) is 0.846. The van der Waals surface area contributed by atoms with E-state index in [1.165, 1.54) is 25.0 Å². The molecule has 2 heteroatoms. The number of nitrogens with one attached hydrogen (secondary N) is 1. The quantitative estimate of drug-likeness (QED) is 0.467. The van der Waals surface area contributed by atoms with Gasteiger partial charge >= 0.3 is 0 Å². The van der Waals surface area contributed by atoms with Gasteiger partial charge in [-0.25, -0.2) is 0 Å². The Bertz CT molecular complexity index is 164. The van der Waals surface area contributed by atoms with Crippen LogP contribution in [0.3, 0.4) is 0 Å². The number of hydrogen-bond acceptors (Lipinski definition) is 2. The average molecular weight is 212 g/mol. The molecule has 15 heavy (non-hydrogen) atoms. The minimum Gasteiger partial charge on any atom is -0.313 e. The van der Waals surface area contributed by atoms with Gasteiger partial charge < -0.3 is 10.2 Å². The van der Waals surface area contributed by atoms with Crippen molar-refractivity contribution in [1.82, 2.24) is 10.2 Å². The average Bonchev–Trinajstić information content (AvgIpc) is 2.22. The van der Waals surface area contributed by atoms with Crippen molar-refractivity contribution in [2.45, 2.75) is 46.1 Å². The fourth-order valence-electron chi connectivity index (χ4n) is 1.26. The summed E-state index contributed by atoms with van der Waals surface area (Å²) in [6.45, 7) is 13.9. The van der Waals surface area contributed by atoms with E-state index in [-0.39, 0.29) is 0 Å². The van der Waals surface area contributed by atoms with Gasteiger partial charge in [-0.1, -0.05) is 19.1 Å². The Morgan fingerprint density at radius 3 is 2.53 bits per heavy atom. The van der Waals surface area contributed by atoms with Crippen molar-refractivity contribution < 1.29 is 0 Å². The van der Waals surface area contributed by atoms with Gasteiger partial charge in [0.25, 0.3) is 0 Å². The summed E-state index contributed by atoms with van der Waals surface area (Å²) >= 11 is 0. The summed E-state index contributed by atoms with van der Waals surface area (Å²) in [5.41, 5.74) is 1.30. The van der Waals surface area contributed by atoms with Crippen molar-refractivity contribution >= 4 is 0 Å². The Labute approximate surface area is 95.7 Å². The van der Waals surface area contributed by atoms with Gasteiger partial charge in [0.1, 0.15) is 0 Å². The predicted octanol–water partition coefficient (Wildman–Crippen LogP) is 2.66. The van der Waals surface area contributed by atoms with Crippen LogP contribution in [0.15, 0.2) is 12.2 Å². The van der Waals surface area contributed by atoms with E-state index in [2.05, 4.69) is 44.6 Å². The van der Waals surface area contributed by atoms with Crippen LogP contribution in [0.5, 0.6) is 0 Å². The lowest BCUT2D eigenvalue weighted by Gasteiger charge is -2.20. The summed E-state index contributed by atoms with van der Waals surface area (Å²) in [6, 6.07) is 0.665. The van der Waals surface area contributed by atoms with E-state index in [4.69, 9.17) is 0 Å². The van der Waals surface area contributed by atoms with Crippen LogP contribution in [0.4, 0.5) is 0 Å². The number of hydrogen-bond donors (Lipinski definition) is 1. The van der Waals surface area contributed by atoms with Crippen molar-refractivity contribution in [3.05, 3.63) is 12.2 Å². The second kappa shape index (κ2) is 8.93. The van der Waals surface area contributed by atoms with Gasteiger partial charge in [0.05, 0.1) is 0 Å². The topological polar surface area (TPSA) is 15.3 Å². The normalized spacial score (nSPS) is 11.3. The number of nitrogens with zero attached hydrogens (tertiary/aromatic N) is 1. The molecule has 0 aromatic rings. The lowest BCUT2D eigenvalue weighted by Crippen LogP contribution is -2.28. The summed E-state index contributed by atoms with van der Waals surface area (Å²) in [5, 5.41) is 3.42. The molecule has 0 bridgehead atoms. The summed E-state index contributed by atoms with van der Waals surface area (Å²) in [5.74, 6) is 0. The Morgan fingerprint density at radius 2 is 2.00 bits per heavy atom. The Balaban J connectivity index is 3.22. The molecule has 0 amide bonds. The third-order valence-corrected chi connectivity index (χ3v) is 2.87. The molecule has 0 radical (unpaired) electrons. The summed E-state index contributed by atoms with van der Waals surface area (Å²) in [4.78, 5) is 2.39. The molecular formula is C13H28N2. The zero-order chi connectivity index (χ0) is 11.7. The molecule has 0 rings (SSSR count). The summed E-state index contributed by atoms with van der Waals surface area (Å²) in [6.07, 6.45) is 3.62. The van der Waals surface area contributed by atoms with Gasteiger partial charge in [-0.2, -0.15) is 0 Å². The fourth-order valence-corrected chi connectivity index (χ4v) is 1.26. The molecule has 0 aromatic heterocycles. The number of rotatable bonds is 9. The second-order valence-corrected chi connectivity index (χ2v) is 4.56. The van der Waals surface area contributed by atoms with Crippen molar-refractivity contribution in [3.63, 3.8) is 0 Å². The first-order valence-corrected chi connectivity index (χ1v) is 6.15. The van der Waals surface area contributed by atoms with Crippen LogP contribution in [0, 0.1) is 0 Å². The Morgan fingerprint density at radius 1 is 1.33 bits per heavy atom. The molecule has 0 fully saturated rings. The second-order valence-electron chi connectivity index (χ2n) is 4.56. The zero-order valence-electron chi connectivity index (χ0n) is 11.0. The van der Waals surface area contributed by atoms with Crippen LogP contribution in [0.1, 0.15) is 40.0 Å². The monoisotopic (exact) mass is 212 g/mol. The SMILES string of the molecule is C=C(CC)CNCCCCN(C)C(C)C. The van der Waals surface area contributed by atoms with Gasteiger partial charge in [-0.3, -0.25) is 0 Å². The highest BCUT2D eigenvalue weighted by atomic mass is 15.1. The number of unbranched alkanes of at least 4 members (excludes halogenated alkanes) is 1. The standard InChI is InChI=1S/C13H28N2/c1-6-13(4)11-14-9-7-8-10-15(5)12(2)3/h12,14H,4,6-11H2,1-3,5H3. The first-order chi connectivity index (χ1) is 7.07. The van der Waals surface area contributed by atoms with Crippen LogP contribution in [0.25, 0.3) is 0 Å². The van der Waals surface area contributed by atoms with E-state index in [0.717, 1.165) is 19.5 Å². The summed E-state index contributed by atoms with van der Waals surface area (Å²) in [7, 11) is 2.19. The maximum Gasteiger partial charge on any atom is 0.0161 e. The zero-order valence-corrected chi connectivity index (χ0v) is 11.0. The van der Waals surface area contributed by atoms with Gasteiger partial charge in [0, 0.05) is 12.6 Å². The first kappa shape index (κ1) is 14.7. The Hall–Kier alpha value is -0.340. The molecule has 0 saturated heterocycles. The van der Waals surface area contributed by atoms with Gasteiger partial charge in [0.2, 0.25) is 0 Å². The van der Waals surface area contributed by atoms with E-state index < -0.39 is 0 Å². The van der Waals surface area contributed by atoms with Crippen LogP contribution < -0.4 is 5.32 Å². The molecule has 0 spiro atoms. The molecule has 90 valence electrons. The molecule has 0 aliphatic heterocycles. The molecule has 0 saturated carbocycles. The third-order valence-electron chi connectivity index (χ3n) is 2.87. The molecule has 2 nitrogen and oxygen atoms in total. The molecule has 0 heterocycles. The smallest absolute Gasteiger partial charge is 0.0161 e. The summed E-state index contributed by atoms with van der Waals surface area (Å²) < 4.78 is 0. The largest absolute Gasteiger partial charge is 0.313 e. The van der Waals surface area contributed by atoms with Crippen LogP contribution in [-0.4, -0.2) is 37.6 Å². The maximum absolute atomic E-state index is 3.97. The molecule has 0 aromatic carbocycles. The minimum atomic E-state index is 0.665. The highest BCUT2D eigenvalue weighted by Crippen LogP contribution is 1.98. The van der Waals surface area contributed by atoms with Crippen molar-refractivity contribution in [2.75, 3.05) is 26.7 Å². The van der Waals surface area contributed by atoms with E-state index in [0.29, 0.717) is 6.04 Å². The van der Waals surface area contributed by atoms with Crippen molar-refractivity contribution in [3.8, 4) is 0 Å². The van der Waals surface area contributed by atoms with Crippen LogP contribution in [0.2, 0.25) is 0 Å². The lowest BCUT2D eigenvalue weighted by molar-refractivity contribution is 0.268. The molecule has 0 unspecified atom stereocenters. The van der Waals surface area contributed by atoms with E-state index in [1.54, 1.807) is 0 Å². The minimum absolute atomic E-state index is 0.665. The van der Waals surface area contributed by atoms with Crippen LogP contribution >= 0.6 is 0 Å². The lowest BCUT2D eigenvalue weighted by atomic mass is 10.2. The highest BCUT2D eigenvalue weighted by Gasteiger charge is 2.01. The first-order valence-electron chi connectivity index (χ1n) is 6.15. The molecule has 0 aliphatic carbocycles. The highest BCUT2D eigenvalue weighted by molar-refractivity contribution is 4.94. The third kappa shape index (κ3) is 8.64. The van der Waals surface area contributed by atoms with E-state index >= 15 is 0 Å². The van der Waals surface area contributed by atoms with Gasteiger partial charge in [-0.05, 0) is 53.2 Å². The predicted molar refractivity (Wildman–Crippen MR) is 69.3 cm³/mol. The maximum atomic E-state index is 3.97. The van der Waals surface area contributed by atoms with Gasteiger partial charge in [0.15, 0.2) is 0 Å². The van der Waals surface area contributed by atoms with Crippen LogP contribution in [-0.2, 0) is 0 Å². The van der Waals surface area contributed by atoms with E-state index in [1.807, 2.05) is 0 Å². The van der Waals surface area contributed by atoms with Crippen molar-refractivity contribution in [2.24, 2.45) is 0 Å². The molecule has 0 aliphatic rings. The van der Waals surface area contributed by atoms with E-state index in [9.17, 15) is 0 Å².